The number of carbonyl (C=O) groups is 2. The Morgan fingerprint density at radius 2 is 1.70 bits per heavy atom. The maximum Gasteiger partial charge on any atom is 0.258 e. The van der Waals surface area contributed by atoms with Gasteiger partial charge < -0.3 is 5.73 Å². The van der Waals surface area contributed by atoms with Crippen LogP contribution in [0.25, 0.3) is 0 Å². The third-order valence-electron chi connectivity index (χ3n) is 3.90. The minimum atomic E-state index is -1.03. The summed E-state index contributed by atoms with van der Waals surface area (Å²) in [5.41, 5.74) is 6.18. The van der Waals surface area contributed by atoms with Gasteiger partial charge in [-0.1, -0.05) is 69.4 Å². The Balaban J connectivity index is 2.45. The molecule has 128 valence electrons. The van der Waals surface area contributed by atoms with E-state index in [0.717, 1.165) is 24.8 Å². The second-order valence-corrected chi connectivity index (χ2v) is 5.87. The van der Waals surface area contributed by atoms with Crippen LogP contribution in [0.5, 0.6) is 0 Å². The van der Waals surface area contributed by atoms with Crippen LogP contribution in [0.1, 0.15) is 51.0 Å². The molecule has 5 nitrogen and oxygen atoms in total. The van der Waals surface area contributed by atoms with Crippen LogP contribution < -0.4 is 5.73 Å². The first-order valence-electron chi connectivity index (χ1n) is 8.39. The fraction of sp³-hybridized carbons (Fsp3) is 0.556. The fourth-order valence-corrected chi connectivity index (χ4v) is 2.49. The van der Waals surface area contributed by atoms with Gasteiger partial charge in [-0.15, -0.1) is 0 Å². The highest BCUT2D eigenvalue weighted by atomic mass is 16.5. The zero-order valence-electron chi connectivity index (χ0n) is 13.9. The van der Waals surface area contributed by atoms with Crippen molar-refractivity contribution in [2.45, 2.75) is 51.9 Å². The van der Waals surface area contributed by atoms with E-state index in [4.69, 9.17) is 5.73 Å². The second-order valence-electron chi connectivity index (χ2n) is 5.87. The molecule has 0 aliphatic rings. The summed E-state index contributed by atoms with van der Waals surface area (Å²) in [5, 5.41) is 10.5. The van der Waals surface area contributed by atoms with Gasteiger partial charge in [0.1, 0.15) is 5.92 Å². The zero-order valence-corrected chi connectivity index (χ0v) is 13.9. The molecule has 0 aliphatic heterocycles. The number of carbonyl (C=O) groups excluding carboxylic acids is 2. The highest BCUT2D eigenvalue weighted by molar-refractivity contribution is 5.99. The Hall–Kier alpha value is -1.88. The summed E-state index contributed by atoms with van der Waals surface area (Å²) in [7, 11) is 0. The van der Waals surface area contributed by atoms with Gasteiger partial charge in [0.25, 0.3) is 5.91 Å². The van der Waals surface area contributed by atoms with Crippen molar-refractivity contribution in [2.24, 2.45) is 11.7 Å². The molecule has 0 fully saturated rings. The van der Waals surface area contributed by atoms with E-state index in [9.17, 15) is 14.8 Å². The first-order valence-corrected chi connectivity index (χ1v) is 8.39. The first-order chi connectivity index (χ1) is 11.1. The number of nitrogens with zero attached hydrogens (tertiary/aromatic N) is 1. The molecule has 0 radical (unpaired) electrons. The molecule has 1 rings (SSSR count). The average molecular weight is 320 g/mol. The van der Waals surface area contributed by atoms with Crippen molar-refractivity contribution in [2.75, 3.05) is 6.54 Å². The van der Waals surface area contributed by atoms with Crippen molar-refractivity contribution in [3.8, 4) is 0 Å². The lowest BCUT2D eigenvalue weighted by Gasteiger charge is -2.20. The first kappa shape index (κ1) is 19.2. The number of rotatable bonds is 11. The van der Waals surface area contributed by atoms with Gasteiger partial charge >= 0.3 is 0 Å². The van der Waals surface area contributed by atoms with Crippen LogP contribution >= 0.6 is 0 Å². The van der Waals surface area contributed by atoms with Crippen LogP contribution in [0.4, 0.5) is 0 Å². The summed E-state index contributed by atoms with van der Waals surface area (Å²) >= 11 is 0. The molecule has 0 aromatic heterocycles. The Labute approximate surface area is 138 Å². The minimum absolute atomic E-state index is 0.211. The largest absolute Gasteiger partial charge is 0.369 e. The van der Waals surface area contributed by atoms with Crippen LogP contribution in [0, 0.1) is 5.92 Å². The third kappa shape index (κ3) is 7.28. The highest BCUT2D eigenvalue weighted by Crippen LogP contribution is 2.12. The van der Waals surface area contributed by atoms with Gasteiger partial charge in [0, 0.05) is 6.54 Å². The highest BCUT2D eigenvalue weighted by Gasteiger charge is 2.28. The van der Waals surface area contributed by atoms with E-state index in [-0.39, 0.29) is 13.0 Å². The molecule has 0 aliphatic carbocycles. The molecule has 1 unspecified atom stereocenters. The van der Waals surface area contributed by atoms with Crippen LogP contribution in [-0.2, 0) is 16.0 Å². The fourth-order valence-electron chi connectivity index (χ4n) is 2.49. The Kier molecular flexibility index (Phi) is 8.98. The normalized spacial score (nSPS) is 11.9. The number of amides is 2. The molecular weight excluding hydrogens is 292 g/mol. The topological polar surface area (TPSA) is 83.6 Å². The van der Waals surface area contributed by atoms with Crippen LogP contribution in [0.2, 0.25) is 0 Å². The lowest BCUT2D eigenvalue weighted by atomic mass is 9.97. The lowest BCUT2D eigenvalue weighted by Crippen LogP contribution is -2.41. The standard InChI is InChI=1S/C18H28N2O3/c1-2-3-4-5-6-10-13-20(23)18(22)16(17(19)21)14-15-11-8-7-9-12-15/h7-9,11-12,16,23H,2-6,10,13-14H2,1H3,(H2,19,21). The monoisotopic (exact) mass is 320 g/mol. The molecule has 2 amide bonds. The average Bonchev–Trinajstić information content (AvgIpc) is 2.55. The van der Waals surface area contributed by atoms with Crippen LogP contribution in [0.3, 0.4) is 0 Å². The predicted molar refractivity (Wildman–Crippen MR) is 89.7 cm³/mol. The zero-order chi connectivity index (χ0) is 17.1. The maximum absolute atomic E-state index is 12.2. The van der Waals surface area contributed by atoms with Crippen LogP contribution in [-0.4, -0.2) is 28.6 Å². The third-order valence-corrected chi connectivity index (χ3v) is 3.90. The van der Waals surface area contributed by atoms with Crippen molar-refractivity contribution in [3.63, 3.8) is 0 Å². The smallest absolute Gasteiger partial charge is 0.258 e. The van der Waals surface area contributed by atoms with Crippen molar-refractivity contribution in [1.29, 1.82) is 0 Å². The molecule has 1 aromatic carbocycles. The summed E-state index contributed by atoms with van der Waals surface area (Å²) in [6, 6.07) is 9.20. The van der Waals surface area contributed by atoms with Gasteiger partial charge in [-0.2, -0.15) is 0 Å². The Bertz CT molecular complexity index is 476. The van der Waals surface area contributed by atoms with Gasteiger partial charge in [-0.25, -0.2) is 5.06 Å². The summed E-state index contributed by atoms with van der Waals surface area (Å²) in [6.45, 7) is 2.40. The van der Waals surface area contributed by atoms with Crippen molar-refractivity contribution >= 4 is 11.8 Å². The number of hydrogen-bond acceptors (Lipinski definition) is 3. The van der Waals surface area contributed by atoms with E-state index in [0.29, 0.717) is 5.06 Å². The predicted octanol–water partition coefficient (Wildman–Crippen LogP) is 2.91. The van der Waals surface area contributed by atoms with Crippen molar-refractivity contribution in [3.05, 3.63) is 35.9 Å². The molecule has 0 spiro atoms. The summed E-state index contributed by atoms with van der Waals surface area (Å²) in [5.74, 6) is -2.35. The molecule has 0 bridgehead atoms. The van der Waals surface area contributed by atoms with E-state index >= 15 is 0 Å². The number of hydrogen-bond donors (Lipinski definition) is 2. The van der Waals surface area contributed by atoms with Gasteiger partial charge in [0.05, 0.1) is 0 Å². The molecule has 0 saturated carbocycles. The maximum atomic E-state index is 12.2. The van der Waals surface area contributed by atoms with E-state index in [1.54, 1.807) is 0 Å². The molecule has 0 heterocycles. The summed E-state index contributed by atoms with van der Waals surface area (Å²) in [6.07, 6.45) is 6.56. The SMILES string of the molecule is CCCCCCCCN(O)C(=O)C(Cc1ccccc1)C(N)=O. The Morgan fingerprint density at radius 1 is 1.09 bits per heavy atom. The summed E-state index contributed by atoms with van der Waals surface area (Å²) in [4.78, 5) is 23.8. The number of hydroxylamine groups is 2. The molecule has 23 heavy (non-hydrogen) atoms. The minimum Gasteiger partial charge on any atom is -0.369 e. The number of benzene rings is 1. The number of primary amides is 1. The Morgan fingerprint density at radius 3 is 2.30 bits per heavy atom. The van der Waals surface area contributed by atoms with E-state index in [1.807, 2.05) is 30.3 Å². The van der Waals surface area contributed by atoms with Gasteiger partial charge in [-0.05, 0) is 18.4 Å². The molecule has 0 saturated heterocycles. The van der Waals surface area contributed by atoms with E-state index in [1.165, 1.54) is 19.3 Å². The molecular formula is C18H28N2O3. The van der Waals surface area contributed by atoms with Gasteiger partial charge in [0.15, 0.2) is 0 Å². The molecule has 5 heteroatoms. The van der Waals surface area contributed by atoms with Crippen molar-refractivity contribution < 1.29 is 14.8 Å². The quantitative estimate of drug-likeness (QED) is 0.284. The number of unbranched alkanes of at least 4 members (excludes halogenated alkanes) is 5. The second kappa shape index (κ2) is 10.8. The number of nitrogens with two attached hydrogens (primary N) is 1. The van der Waals surface area contributed by atoms with E-state index in [2.05, 4.69) is 6.92 Å². The van der Waals surface area contributed by atoms with E-state index < -0.39 is 17.7 Å². The van der Waals surface area contributed by atoms with Gasteiger partial charge in [-0.3, -0.25) is 14.8 Å². The summed E-state index contributed by atoms with van der Waals surface area (Å²) < 4.78 is 0. The van der Waals surface area contributed by atoms with Crippen LogP contribution in [0.15, 0.2) is 30.3 Å². The van der Waals surface area contributed by atoms with Crippen molar-refractivity contribution in [1.82, 2.24) is 5.06 Å². The molecule has 3 N–H and O–H groups in total. The van der Waals surface area contributed by atoms with Gasteiger partial charge in [0.2, 0.25) is 5.91 Å². The molecule has 1 aromatic rings. The molecule has 1 atom stereocenters. The lowest BCUT2D eigenvalue weighted by molar-refractivity contribution is -0.171.